The van der Waals surface area contributed by atoms with Gasteiger partial charge in [0.15, 0.2) is 0 Å². The number of nitrogens with one attached hydrogen (secondary N) is 2. The van der Waals surface area contributed by atoms with Crippen LogP contribution in [0.25, 0.3) is 0 Å². The van der Waals surface area contributed by atoms with E-state index in [1.54, 1.807) is 18.2 Å². The van der Waals surface area contributed by atoms with Crippen molar-refractivity contribution in [1.82, 2.24) is 5.32 Å². The van der Waals surface area contributed by atoms with E-state index in [1.165, 1.54) is 5.56 Å². The molecule has 20 heavy (non-hydrogen) atoms. The molecule has 1 heterocycles. The van der Waals surface area contributed by atoms with Crippen LogP contribution in [0.3, 0.4) is 0 Å². The highest BCUT2D eigenvalue weighted by Gasteiger charge is 2.14. The Balaban J connectivity index is 1.84. The molecular weight excluding hydrogens is 252 g/mol. The van der Waals surface area contributed by atoms with Gasteiger partial charge in [-0.3, -0.25) is 4.79 Å². The van der Waals surface area contributed by atoms with Gasteiger partial charge in [-0.25, -0.2) is 0 Å². The fraction of sp³-hybridized carbons (Fsp3) is 0.188. The summed E-state index contributed by atoms with van der Waals surface area (Å²) in [4.78, 5) is 12.2. The first kappa shape index (κ1) is 12.7. The van der Waals surface area contributed by atoms with Gasteiger partial charge < -0.3 is 15.7 Å². The van der Waals surface area contributed by atoms with Crippen molar-refractivity contribution in [2.75, 3.05) is 5.32 Å². The monoisotopic (exact) mass is 268 g/mol. The molecule has 3 rings (SSSR count). The Morgan fingerprint density at radius 1 is 1.15 bits per heavy atom. The Hall–Kier alpha value is -2.33. The van der Waals surface area contributed by atoms with E-state index in [0.29, 0.717) is 11.3 Å². The van der Waals surface area contributed by atoms with E-state index in [4.69, 9.17) is 0 Å². The summed E-state index contributed by atoms with van der Waals surface area (Å²) in [5.41, 5.74) is 4.42. The van der Waals surface area contributed by atoms with E-state index >= 15 is 0 Å². The highest BCUT2D eigenvalue weighted by Crippen LogP contribution is 2.25. The molecule has 1 aliphatic heterocycles. The summed E-state index contributed by atoms with van der Waals surface area (Å²) in [6.07, 6.45) is 0. The lowest BCUT2D eigenvalue weighted by Gasteiger charge is -2.09. The Labute approximate surface area is 117 Å². The van der Waals surface area contributed by atoms with Gasteiger partial charge in [-0.05, 0) is 47.9 Å². The molecule has 0 bridgehead atoms. The third kappa shape index (κ3) is 2.38. The molecule has 0 spiro atoms. The van der Waals surface area contributed by atoms with Crippen molar-refractivity contribution in [1.29, 1.82) is 0 Å². The summed E-state index contributed by atoms with van der Waals surface area (Å²) in [5, 5.41) is 15.8. The number of hydrogen-bond donors (Lipinski definition) is 3. The summed E-state index contributed by atoms with van der Waals surface area (Å²) in [7, 11) is 0. The molecule has 0 unspecified atom stereocenters. The molecule has 3 N–H and O–H groups in total. The van der Waals surface area contributed by atoms with E-state index in [1.807, 2.05) is 25.1 Å². The molecule has 0 aromatic heterocycles. The molecule has 102 valence electrons. The molecule has 0 aliphatic carbocycles. The summed E-state index contributed by atoms with van der Waals surface area (Å²) >= 11 is 0. The maximum absolute atomic E-state index is 12.2. The van der Waals surface area contributed by atoms with Crippen LogP contribution in [0.2, 0.25) is 0 Å². The maximum atomic E-state index is 12.2. The van der Waals surface area contributed by atoms with Gasteiger partial charge in [0.25, 0.3) is 5.91 Å². The molecule has 0 fully saturated rings. The lowest BCUT2D eigenvalue weighted by Crippen LogP contribution is -2.12. The molecule has 1 aliphatic rings. The SMILES string of the molecule is Cc1ccc(O)c(NC(=O)c2ccc3c(c2)CNC3)c1. The molecule has 0 saturated carbocycles. The minimum atomic E-state index is -0.208. The van der Waals surface area contributed by atoms with Gasteiger partial charge in [-0.2, -0.15) is 0 Å². The minimum Gasteiger partial charge on any atom is -0.506 e. The summed E-state index contributed by atoms with van der Waals surface area (Å²) in [6.45, 7) is 3.57. The zero-order valence-electron chi connectivity index (χ0n) is 11.2. The second kappa shape index (κ2) is 4.98. The van der Waals surface area contributed by atoms with Gasteiger partial charge in [0.05, 0.1) is 5.69 Å². The summed E-state index contributed by atoms with van der Waals surface area (Å²) < 4.78 is 0. The Morgan fingerprint density at radius 3 is 2.80 bits per heavy atom. The standard InChI is InChI=1S/C16H16N2O2/c1-10-2-5-15(19)14(6-10)18-16(20)11-3-4-12-8-17-9-13(12)7-11/h2-7,17,19H,8-9H2,1H3,(H,18,20). The van der Waals surface area contributed by atoms with Gasteiger partial charge in [0.1, 0.15) is 5.75 Å². The number of carbonyl (C=O) groups excluding carboxylic acids is 1. The second-order valence-corrected chi connectivity index (χ2v) is 5.06. The number of fused-ring (bicyclic) bond motifs is 1. The van der Waals surface area contributed by atoms with E-state index < -0.39 is 0 Å². The maximum Gasteiger partial charge on any atom is 0.255 e. The van der Waals surface area contributed by atoms with E-state index in [0.717, 1.165) is 24.2 Å². The van der Waals surface area contributed by atoms with Crippen LogP contribution in [0.1, 0.15) is 27.0 Å². The third-order valence-electron chi connectivity index (χ3n) is 3.50. The predicted molar refractivity (Wildman–Crippen MR) is 77.8 cm³/mol. The molecule has 0 saturated heterocycles. The molecule has 2 aromatic rings. The van der Waals surface area contributed by atoms with Gasteiger partial charge >= 0.3 is 0 Å². The van der Waals surface area contributed by atoms with Crippen molar-refractivity contribution in [3.8, 4) is 5.75 Å². The van der Waals surface area contributed by atoms with Crippen LogP contribution < -0.4 is 10.6 Å². The zero-order valence-corrected chi connectivity index (χ0v) is 11.2. The van der Waals surface area contributed by atoms with Crippen LogP contribution in [0.5, 0.6) is 5.75 Å². The van der Waals surface area contributed by atoms with Crippen molar-refractivity contribution in [3.63, 3.8) is 0 Å². The highest BCUT2D eigenvalue weighted by atomic mass is 16.3. The lowest BCUT2D eigenvalue weighted by atomic mass is 10.1. The number of phenolic OH excluding ortho intramolecular Hbond substituents is 1. The fourth-order valence-corrected chi connectivity index (χ4v) is 2.38. The largest absolute Gasteiger partial charge is 0.506 e. The lowest BCUT2D eigenvalue weighted by molar-refractivity contribution is 0.102. The predicted octanol–water partition coefficient (Wildman–Crippen LogP) is 2.56. The summed E-state index contributed by atoms with van der Waals surface area (Å²) in [5.74, 6) is -0.132. The molecule has 2 aromatic carbocycles. The number of hydrogen-bond acceptors (Lipinski definition) is 3. The molecule has 4 nitrogen and oxygen atoms in total. The average Bonchev–Trinajstić information content (AvgIpc) is 2.90. The first-order valence-corrected chi connectivity index (χ1v) is 6.57. The zero-order chi connectivity index (χ0) is 14.1. The quantitative estimate of drug-likeness (QED) is 0.734. The van der Waals surface area contributed by atoms with E-state index in [2.05, 4.69) is 10.6 Å². The van der Waals surface area contributed by atoms with Crippen LogP contribution in [-0.2, 0) is 13.1 Å². The smallest absolute Gasteiger partial charge is 0.255 e. The van der Waals surface area contributed by atoms with Crippen LogP contribution in [0.4, 0.5) is 5.69 Å². The topological polar surface area (TPSA) is 61.4 Å². The molecule has 0 radical (unpaired) electrons. The Morgan fingerprint density at radius 2 is 1.95 bits per heavy atom. The van der Waals surface area contributed by atoms with Gasteiger partial charge in [0, 0.05) is 18.7 Å². The van der Waals surface area contributed by atoms with Crippen molar-refractivity contribution in [2.45, 2.75) is 20.0 Å². The average molecular weight is 268 g/mol. The number of aryl methyl sites for hydroxylation is 1. The van der Waals surface area contributed by atoms with Crippen molar-refractivity contribution >= 4 is 11.6 Å². The van der Waals surface area contributed by atoms with E-state index in [9.17, 15) is 9.90 Å². The highest BCUT2D eigenvalue weighted by molar-refractivity contribution is 6.05. The first-order valence-electron chi connectivity index (χ1n) is 6.57. The van der Waals surface area contributed by atoms with Crippen LogP contribution in [-0.4, -0.2) is 11.0 Å². The Kier molecular flexibility index (Phi) is 3.16. The molecule has 0 atom stereocenters. The minimum absolute atomic E-state index is 0.0757. The van der Waals surface area contributed by atoms with Crippen molar-refractivity contribution in [3.05, 3.63) is 58.7 Å². The Bertz CT molecular complexity index is 680. The summed E-state index contributed by atoms with van der Waals surface area (Å²) in [6, 6.07) is 10.8. The number of carbonyl (C=O) groups is 1. The van der Waals surface area contributed by atoms with Crippen LogP contribution >= 0.6 is 0 Å². The number of aromatic hydroxyl groups is 1. The number of amides is 1. The van der Waals surface area contributed by atoms with Crippen LogP contribution in [0, 0.1) is 6.92 Å². The molecular formula is C16H16N2O2. The molecule has 1 amide bonds. The normalized spacial score (nSPS) is 13.1. The number of anilines is 1. The molecule has 4 heteroatoms. The van der Waals surface area contributed by atoms with E-state index in [-0.39, 0.29) is 11.7 Å². The third-order valence-corrected chi connectivity index (χ3v) is 3.50. The van der Waals surface area contributed by atoms with Gasteiger partial charge in [-0.1, -0.05) is 12.1 Å². The first-order chi connectivity index (χ1) is 9.63. The second-order valence-electron chi connectivity index (χ2n) is 5.06. The van der Waals surface area contributed by atoms with Gasteiger partial charge in [-0.15, -0.1) is 0 Å². The van der Waals surface area contributed by atoms with Crippen LogP contribution in [0.15, 0.2) is 36.4 Å². The van der Waals surface area contributed by atoms with Crippen molar-refractivity contribution < 1.29 is 9.90 Å². The van der Waals surface area contributed by atoms with Crippen molar-refractivity contribution in [2.24, 2.45) is 0 Å². The number of benzene rings is 2. The number of phenols is 1. The number of rotatable bonds is 2. The van der Waals surface area contributed by atoms with Gasteiger partial charge in [0.2, 0.25) is 0 Å². The fourth-order valence-electron chi connectivity index (χ4n) is 2.38.